The fourth-order valence-electron chi connectivity index (χ4n) is 1.51. The first-order valence-corrected chi connectivity index (χ1v) is 5.28. The van der Waals surface area contributed by atoms with Crippen LogP contribution in [0.1, 0.15) is 10.4 Å². The summed E-state index contributed by atoms with van der Waals surface area (Å²) in [7, 11) is 1.50. The van der Waals surface area contributed by atoms with Gasteiger partial charge in [0.25, 0.3) is 0 Å². The van der Waals surface area contributed by atoms with Crippen molar-refractivity contribution in [1.29, 1.82) is 0 Å². The van der Waals surface area contributed by atoms with E-state index in [-0.39, 0.29) is 5.56 Å². The molecule has 0 saturated heterocycles. The molecule has 0 fully saturated rings. The van der Waals surface area contributed by atoms with Gasteiger partial charge >= 0.3 is 5.97 Å². The summed E-state index contributed by atoms with van der Waals surface area (Å²) >= 11 is 0. The fraction of sp³-hybridized carbons (Fsp3) is 0.0769. The summed E-state index contributed by atoms with van der Waals surface area (Å²) in [6.45, 7) is 0. The van der Waals surface area contributed by atoms with E-state index in [1.165, 1.54) is 13.2 Å². The second kappa shape index (κ2) is 5.18. The van der Waals surface area contributed by atoms with Gasteiger partial charge in [-0.25, -0.2) is 4.79 Å². The summed E-state index contributed by atoms with van der Waals surface area (Å²) in [6.07, 6.45) is 3.31. The quantitative estimate of drug-likeness (QED) is 0.864. The number of rotatable bonds is 4. The first kappa shape index (κ1) is 11.9. The van der Waals surface area contributed by atoms with E-state index in [1.54, 1.807) is 36.7 Å². The van der Waals surface area contributed by atoms with Crippen LogP contribution in [0.2, 0.25) is 0 Å². The first-order valence-electron chi connectivity index (χ1n) is 5.28. The molecule has 1 heterocycles. The number of pyridine rings is 1. The molecule has 0 aliphatic rings. The lowest BCUT2D eigenvalue weighted by molar-refractivity contribution is 0.0696. The van der Waals surface area contributed by atoms with Gasteiger partial charge in [-0.15, -0.1) is 0 Å². The summed E-state index contributed by atoms with van der Waals surface area (Å²) in [5.74, 6) is -0.502. The molecule has 2 N–H and O–H groups in total. The third-order valence-electron chi connectivity index (χ3n) is 2.36. The van der Waals surface area contributed by atoms with Crippen LogP contribution in [-0.2, 0) is 0 Å². The zero-order chi connectivity index (χ0) is 13.0. The predicted octanol–water partition coefficient (Wildman–Crippen LogP) is 2.53. The predicted molar refractivity (Wildman–Crippen MR) is 67.5 cm³/mol. The van der Waals surface area contributed by atoms with Crippen LogP contribution in [0, 0.1) is 0 Å². The Morgan fingerprint density at radius 3 is 2.56 bits per heavy atom. The summed E-state index contributed by atoms with van der Waals surface area (Å²) in [4.78, 5) is 14.9. The number of hydrogen-bond donors (Lipinski definition) is 2. The van der Waals surface area contributed by atoms with Crippen LogP contribution in [-0.4, -0.2) is 23.2 Å². The molecule has 5 heteroatoms. The van der Waals surface area contributed by atoms with Crippen molar-refractivity contribution < 1.29 is 14.6 Å². The van der Waals surface area contributed by atoms with Crippen molar-refractivity contribution in [3.8, 4) is 5.75 Å². The Morgan fingerprint density at radius 2 is 1.94 bits per heavy atom. The van der Waals surface area contributed by atoms with E-state index in [2.05, 4.69) is 10.3 Å². The SMILES string of the molecule is COc1cc(Nc2ccncc2)cc(C(=O)O)c1. The van der Waals surface area contributed by atoms with Crippen molar-refractivity contribution in [2.75, 3.05) is 12.4 Å². The number of hydrogen-bond acceptors (Lipinski definition) is 4. The van der Waals surface area contributed by atoms with Gasteiger partial charge in [-0.3, -0.25) is 4.98 Å². The summed E-state index contributed by atoms with van der Waals surface area (Å²) < 4.78 is 5.07. The minimum atomic E-state index is -0.994. The molecule has 92 valence electrons. The number of carbonyl (C=O) groups is 1. The Hall–Kier alpha value is -2.56. The normalized spacial score (nSPS) is 9.83. The van der Waals surface area contributed by atoms with Crippen LogP contribution < -0.4 is 10.1 Å². The molecule has 1 aromatic heterocycles. The van der Waals surface area contributed by atoms with Gasteiger partial charge < -0.3 is 15.2 Å². The highest BCUT2D eigenvalue weighted by molar-refractivity contribution is 5.89. The van der Waals surface area contributed by atoms with Crippen molar-refractivity contribution in [3.05, 3.63) is 48.3 Å². The lowest BCUT2D eigenvalue weighted by atomic mass is 10.2. The molecular formula is C13H12N2O3. The highest BCUT2D eigenvalue weighted by Gasteiger charge is 2.07. The van der Waals surface area contributed by atoms with Gasteiger partial charge in [-0.1, -0.05) is 0 Å². The van der Waals surface area contributed by atoms with Crippen LogP contribution in [0.25, 0.3) is 0 Å². The number of anilines is 2. The lowest BCUT2D eigenvalue weighted by Crippen LogP contribution is -1.99. The summed E-state index contributed by atoms with van der Waals surface area (Å²) in [5, 5.41) is 12.1. The van der Waals surface area contributed by atoms with E-state index in [4.69, 9.17) is 9.84 Å². The van der Waals surface area contributed by atoms with E-state index in [0.29, 0.717) is 11.4 Å². The maximum Gasteiger partial charge on any atom is 0.335 e. The Bertz CT molecular complexity index is 555. The van der Waals surface area contributed by atoms with Crippen molar-refractivity contribution in [3.63, 3.8) is 0 Å². The van der Waals surface area contributed by atoms with Crippen molar-refractivity contribution >= 4 is 17.3 Å². The number of methoxy groups -OCH3 is 1. The average Bonchev–Trinajstić information content (AvgIpc) is 2.39. The summed E-state index contributed by atoms with van der Waals surface area (Å²) in [6, 6.07) is 8.33. The molecule has 0 atom stereocenters. The van der Waals surface area contributed by atoms with E-state index >= 15 is 0 Å². The number of aromatic nitrogens is 1. The van der Waals surface area contributed by atoms with Crippen LogP contribution in [0.15, 0.2) is 42.7 Å². The molecule has 0 spiro atoms. The molecule has 0 radical (unpaired) electrons. The third-order valence-corrected chi connectivity index (χ3v) is 2.36. The van der Waals surface area contributed by atoms with Crippen molar-refractivity contribution in [2.24, 2.45) is 0 Å². The van der Waals surface area contributed by atoms with Gasteiger partial charge in [-0.2, -0.15) is 0 Å². The Labute approximate surface area is 104 Å². The van der Waals surface area contributed by atoms with E-state index in [9.17, 15) is 4.79 Å². The summed E-state index contributed by atoms with van der Waals surface area (Å²) in [5.41, 5.74) is 1.65. The zero-order valence-electron chi connectivity index (χ0n) is 9.75. The first-order chi connectivity index (χ1) is 8.69. The number of ether oxygens (including phenoxy) is 1. The maximum atomic E-state index is 11.0. The molecule has 5 nitrogen and oxygen atoms in total. The van der Waals surface area contributed by atoms with Crippen molar-refractivity contribution in [1.82, 2.24) is 4.98 Å². The number of benzene rings is 1. The number of carboxylic acid groups (broad SMARTS) is 1. The largest absolute Gasteiger partial charge is 0.497 e. The van der Waals surface area contributed by atoms with Crippen LogP contribution >= 0.6 is 0 Å². The van der Waals surface area contributed by atoms with E-state index in [0.717, 1.165) is 5.69 Å². The number of nitrogens with zero attached hydrogens (tertiary/aromatic N) is 1. The van der Waals surface area contributed by atoms with E-state index in [1.807, 2.05) is 0 Å². The molecule has 2 rings (SSSR count). The second-order valence-electron chi connectivity index (χ2n) is 3.62. The average molecular weight is 244 g/mol. The van der Waals surface area contributed by atoms with Crippen LogP contribution in [0.3, 0.4) is 0 Å². The minimum Gasteiger partial charge on any atom is -0.497 e. The topological polar surface area (TPSA) is 71.5 Å². The van der Waals surface area contributed by atoms with Gasteiger partial charge in [0, 0.05) is 29.8 Å². The Kier molecular flexibility index (Phi) is 3.43. The standard InChI is InChI=1S/C13H12N2O3/c1-18-12-7-9(13(16)17)6-11(8-12)15-10-2-4-14-5-3-10/h2-8H,1H3,(H,14,15)(H,16,17). The highest BCUT2D eigenvalue weighted by Crippen LogP contribution is 2.23. The fourth-order valence-corrected chi connectivity index (χ4v) is 1.51. The highest BCUT2D eigenvalue weighted by atomic mass is 16.5. The molecule has 2 aromatic rings. The molecular weight excluding hydrogens is 232 g/mol. The van der Waals surface area contributed by atoms with Gasteiger partial charge in [0.1, 0.15) is 5.75 Å². The Balaban J connectivity index is 2.32. The zero-order valence-corrected chi connectivity index (χ0v) is 9.75. The second-order valence-corrected chi connectivity index (χ2v) is 3.62. The molecule has 0 aliphatic heterocycles. The smallest absolute Gasteiger partial charge is 0.335 e. The molecule has 0 bridgehead atoms. The van der Waals surface area contributed by atoms with Gasteiger partial charge in [0.05, 0.1) is 12.7 Å². The number of nitrogens with one attached hydrogen (secondary N) is 1. The molecule has 1 aromatic carbocycles. The maximum absolute atomic E-state index is 11.0. The van der Waals surface area contributed by atoms with Gasteiger partial charge in [0.2, 0.25) is 0 Å². The number of aromatic carboxylic acids is 1. The monoisotopic (exact) mass is 244 g/mol. The molecule has 0 unspecified atom stereocenters. The van der Waals surface area contributed by atoms with Gasteiger partial charge in [-0.05, 0) is 24.3 Å². The van der Waals surface area contributed by atoms with Crippen molar-refractivity contribution in [2.45, 2.75) is 0 Å². The molecule has 18 heavy (non-hydrogen) atoms. The van der Waals surface area contributed by atoms with E-state index < -0.39 is 5.97 Å². The van der Waals surface area contributed by atoms with Crippen LogP contribution in [0.4, 0.5) is 11.4 Å². The Morgan fingerprint density at radius 1 is 1.22 bits per heavy atom. The lowest BCUT2D eigenvalue weighted by Gasteiger charge is -2.09. The van der Waals surface area contributed by atoms with Crippen LogP contribution in [0.5, 0.6) is 5.75 Å². The van der Waals surface area contributed by atoms with Gasteiger partial charge in [0.15, 0.2) is 0 Å². The molecule has 0 aliphatic carbocycles. The molecule has 0 amide bonds. The number of carboxylic acids is 1. The third kappa shape index (κ3) is 2.76. The minimum absolute atomic E-state index is 0.172. The molecule has 0 saturated carbocycles.